The lowest BCUT2D eigenvalue weighted by atomic mass is 10.1. The number of rotatable bonds is 4. The maximum Gasteiger partial charge on any atom is 0.150 e. The summed E-state index contributed by atoms with van der Waals surface area (Å²) in [6, 6.07) is 5.02. The summed E-state index contributed by atoms with van der Waals surface area (Å²) in [5.74, 6) is 0.686. The molecule has 0 saturated carbocycles. The molecule has 6 nitrogen and oxygen atoms in total. The average Bonchev–Trinajstić information content (AvgIpc) is 3.43. The molecule has 1 N–H and O–H groups in total. The summed E-state index contributed by atoms with van der Waals surface area (Å²) >= 11 is 0. The van der Waals surface area contributed by atoms with Crippen LogP contribution in [0.15, 0.2) is 36.9 Å². The standard InChI is InChI=1S/C21H27N5O/c1-15-8-16(10-22-15)13-25-6-5-17-9-18(11-23-21(17)25)19-12-24-26(14-19)20-4-2-3-7-27-20/h5-6,9,11-12,14-16,20,22H,2-4,7-8,10,13H2,1H3/t15-,16+,20?/m1/s1. The van der Waals surface area contributed by atoms with Gasteiger partial charge < -0.3 is 14.6 Å². The minimum atomic E-state index is 0.0766. The maximum atomic E-state index is 5.83. The van der Waals surface area contributed by atoms with Crippen LogP contribution in [0.2, 0.25) is 0 Å². The van der Waals surface area contributed by atoms with Crippen LogP contribution in [0, 0.1) is 5.92 Å². The summed E-state index contributed by atoms with van der Waals surface area (Å²) in [6.45, 7) is 5.22. The van der Waals surface area contributed by atoms with E-state index in [1.54, 1.807) is 0 Å². The van der Waals surface area contributed by atoms with E-state index in [-0.39, 0.29) is 6.23 Å². The number of aromatic nitrogens is 4. The summed E-state index contributed by atoms with van der Waals surface area (Å²) in [6.07, 6.45) is 12.9. The van der Waals surface area contributed by atoms with Gasteiger partial charge in [0.1, 0.15) is 11.9 Å². The van der Waals surface area contributed by atoms with Crippen LogP contribution in [-0.4, -0.2) is 38.5 Å². The van der Waals surface area contributed by atoms with Crippen LogP contribution >= 0.6 is 0 Å². The predicted octanol–water partition coefficient (Wildman–Crippen LogP) is 3.60. The first-order valence-corrected chi connectivity index (χ1v) is 10.1. The van der Waals surface area contributed by atoms with Crippen molar-refractivity contribution < 1.29 is 4.74 Å². The molecule has 6 heteroatoms. The summed E-state index contributed by atoms with van der Waals surface area (Å²) < 4.78 is 10.1. The molecule has 0 aromatic carbocycles. The molecule has 3 atom stereocenters. The van der Waals surface area contributed by atoms with E-state index in [9.17, 15) is 0 Å². The molecule has 2 aliphatic heterocycles. The van der Waals surface area contributed by atoms with Crippen molar-refractivity contribution in [1.29, 1.82) is 0 Å². The van der Waals surface area contributed by atoms with Gasteiger partial charge >= 0.3 is 0 Å². The zero-order valence-corrected chi connectivity index (χ0v) is 15.8. The summed E-state index contributed by atoms with van der Waals surface area (Å²) in [5, 5.41) is 9.25. The van der Waals surface area contributed by atoms with Crippen molar-refractivity contribution in [1.82, 2.24) is 24.6 Å². The van der Waals surface area contributed by atoms with Gasteiger partial charge in [-0.05, 0) is 57.2 Å². The van der Waals surface area contributed by atoms with Gasteiger partial charge in [0.2, 0.25) is 0 Å². The number of ether oxygens (including phenoxy) is 1. The van der Waals surface area contributed by atoms with Crippen molar-refractivity contribution in [3.8, 4) is 11.1 Å². The van der Waals surface area contributed by atoms with Gasteiger partial charge in [-0.2, -0.15) is 5.10 Å². The zero-order chi connectivity index (χ0) is 18.2. The van der Waals surface area contributed by atoms with Gasteiger partial charge in [0.15, 0.2) is 0 Å². The first-order valence-electron chi connectivity index (χ1n) is 10.1. The molecule has 2 fully saturated rings. The molecule has 27 heavy (non-hydrogen) atoms. The molecule has 0 amide bonds. The average molecular weight is 365 g/mol. The van der Waals surface area contributed by atoms with Gasteiger partial charge in [-0.25, -0.2) is 9.67 Å². The van der Waals surface area contributed by atoms with Crippen LogP contribution in [-0.2, 0) is 11.3 Å². The topological polar surface area (TPSA) is 56.9 Å². The Hall–Kier alpha value is -2.18. The van der Waals surface area contributed by atoms with Crippen LogP contribution in [0.25, 0.3) is 22.2 Å². The van der Waals surface area contributed by atoms with Crippen molar-refractivity contribution in [3.63, 3.8) is 0 Å². The van der Waals surface area contributed by atoms with Crippen LogP contribution < -0.4 is 5.32 Å². The van der Waals surface area contributed by atoms with E-state index < -0.39 is 0 Å². The fourth-order valence-corrected chi connectivity index (χ4v) is 4.41. The molecule has 3 aromatic heterocycles. The maximum absolute atomic E-state index is 5.83. The van der Waals surface area contributed by atoms with E-state index in [0.29, 0.717) is 12.0 Å². The monoisotopic (exact) mass is 365 g/mol. The zero-order valence-electron chi connectivity index (χ0n) is 15.8. The Morgan fingerprint density at radius 1 is 1.26 bits per heavy atom. The van der Waals surface area contributed by atoms with Gasteiger partial charge in [0.05, 0.1) is 6.20 Å². The van der Waals surface area contributed by atoms with Crippen molar-refractivity contribution in [2.24, 2.45) is 5.92 Å². The highest BCUT2D eigenvalue weighted by molar-refractivity contribution is 5.81. The summed E-state index contributed by atoms with van der Waals surface area (Å²) in [4.78, 5) is 4.77. The molecule has 142 valence electrons. The first-order chi connectivity index (χ1) is 13.3. The Bertz CT molecular complexity index is 924. The molecule has 5 heterocycles. The van der Waals surface area contributed by atoms with Gasteiger partial charge in [-0.15, -0.1) is 0 Å². The lowest BCUT2D eigenvalue weighted by Gasteiger charge is -2.22. The Morgan fingerprint density at radius 3 is 3.04 bits per heavy atom. The quantitative estimate of drug-likeness (QED) is 0.768. The molecule has 0 spiro atoms. The smallest absolute Gasteiger partial charge is 0.150 e. The largest absolute Gasteiger partial charge is 0.357 e. The number of nitrogens with zero attached hydrogens (tertiary/aromatic N) is 4. The molecular weight excluding hydrogens is 338 g/mol. The Balaban J connectivity index is 1.36. The number of hydrogen-bond donors (Lipinski definition) is 1. The fraction of sp³-hybridized carbons (Fsp3) is 0.524. The highest BCUT2D eigenvalue weighted by Crippen LogP contribution is 2.27. The molecule has 3 aromatic rings. The van der Waals surface area contributed by atoms with Crippen LogP contribution in [0.4, 0.5) is 0 Å². The number of pyridine rings is 1. The SMILES string of the molecule is C[C@@H]1C[C@H](Cn2ccc3cc(-c4cnn(C5CCCCO5)c4)cnc32)CN1. The first kappa shape index (κ1) is 17.0. The Morgan fingerprint density at radius 2 is 2.22 bits per heavy atom. The van der Waals surface area contributed by atoms with E-state index in [0.717, 1.165) is 49.3 Å². The lowest BCUT2D eigenvalue weighted by molar-refractivity contribution is -0.0394. The molecule has 2 saturated heterocycles. The third-order valence-electron chi connectivity index (χ3n) is 5.88. The van der Waals surface area contributed by atoms with Crippen LogP contribution in [0.1, 0.15) is 38.8 Å². The third-order valence-corrected chi connectivity index (χ3v) is 5.88. The molecule has 1 unspecified atom stereocenters. The molecule has 0 radical (unpaired) electrons. The van der Waals surface area contributed by atoms with Gasteiger partial charge in [-0.3, -0.25) is 0 Å². The predicted molar refractivity (Wildman–Crippen MR) is 105 cm³/mol. The highest BCUT2D eigenvalue weighted by atomic mass is 16.5. The van der Waals surface area contributed by atoms with Crippen molar-refractivity contribution in [2.45, 2.75) is 51.4 Å². The van der Waals surface area contributed by atoms with Crippen LogP contribution in [0.5, 0.6) is 0 Å². The minimum absolute atomic E-state index is 0.0766. The second kappa shape index (κ2) is 7.09. The van der Waals surface area contributed by atoms with Gasteiger partial charge in [-0.1, -0.05) is 0 Å². The van der Waals surface area contributed by atoms with E-state index in [4.69, 9.17) is 9.72 Å². The molecular formula is C21H27N5O. The van der Waals surface area contributed by atoms with Crippen LogP contribution in [0.3, 0.4) is 0 Å². The van der Waals surface area contributed by atoms with Gasteiger partial charge in [0, 0.05) is 54.3 Å². The summed E-state index contributed by atoms with van der Waals surface area (Å²) in [7, 11) is 0. The summed E-state index contributed by atoms with van der Waals surface area (Å²) in [5.41, 5.74) is 3.28. The molecule has 5 rings (SSSR count). The number of fused-ring (bicyclic) bond motifs is 1. The van der Waals surface area contributed by atoms with Gasteiger partial charge in [0.25, 0.3) is 0 Å². The molecule has 0 bridgehead atoms. The lowest BCUT2D eigenvalue weighted by Crippen LogP contribution is -2.18. The van der Waals surface area contributed by atoms with E-state index in [2.05, 4.69) is 46.4 Å². The number of nitrogens with one attached hydrogen (secondary N) is 1. The van der Waals surface area contributed by atoms with Crippen molar-refractivity contribution in [2.75, 3.05) is 13.2 Å². The second-order valence-electron chi connectivity index (χ2n) is 8.05. The third kappa shape index (κ3) is 3.39. The Labute approximate surface area is 159 Å². The fourth-order valence-electron chi connectivity index (χ4n) is 4.41. The van der Waals surface area contributed by atoms with Crippen molar-refractivity contribution in [3.05, 3.63) is 36.9 Å². The Kier molecular flexibility index (Phi) is 4.45. The normalized spacial score (nSPS) is 26.0. The molecule has 0 aliphatic carbocycles. The van der Waals surface area contributed by atoms with E-state index >= 15 is 0 Å². The molecule has 2 aliphatic rings. The van der Waals surface area contributed by atoms with E-state index in [1.807, 2.05) is 17.1 Å². The van der Waals surface area contributed by atoms with E-state index in [1.165, 1.54) is 18.2 Å². The number of hydrogen-bond acceptors (Lipinski definition) is 4. The minimum Gasteiger partial charge on any atom is -0.357 e. The highest BCUT2D eigenvalue weighted by Gasteiger charge is 2.21. The van der Waals surface area contributed by atoms with Crippen molar-refractivity contribution >= 4 is 11.0 Å². The second-order valence-corrected chi connectivity index (χ2v) is 8.05.